The van der Waals surface area contributed by atoms with Gasteiger partial charge in [-0.1, -0.05) is 0 Å². The lowest BCUT2D eigenvalue weighted by Crippen LogP contribution is -2.07. The molecule has 1 aromatic heterocycles. The van der Waals surface area contributed by atoms with Gasteiger partial charge in [0.2, 0.25) is 5.88 Å². The van der Waals surface area contributed by atoms with Crippen LogP contribution in [0.15, 0.2) is 12.3 Å². The molecule has 14 heavy (non-hydrogen) atoms. The van der Waals surface area contributed by atoms with Crippen molar-refractivity contribution < 1.29 is 14.3 Å². The topological polar surface area (TPSA) is 48.4 Å². The zero-order valence-electron chi connectivity index (χ0n) is 8.53. The van der Waals surface area contributed by atoms with Crippen molar-refractivity contribution in [3.8, 4) is 5.88 Å². The summed E-state index contributed by atoms with van der Waals surface area (Å²) < 4.78 is 9.79. The van der Waals surface area contributed by atoms with E-state index in [1.165, 1.54) is 13.3 Å². The van der Waals surface area contributed by atoms with E-state index in [9.17, 15) is 4.79 Å². The van der Waals surface area contributed by atoms with Crippen molar-refractivity contribution >= 4 is 5.97 Å². The highest BCUT2D eigenvalue weighted by Crippen LogP contribution is 2.13. The molecule has 0 aliphatic carbocycles. The number of aromatic nitrogens is 1. The third kappa shape index (κ3) is 2.22. The Balaban J connectivity index is 2.94. The summed E-state index contributed by atoms with van der Waals surface area (Å²) >= 11 is 0. The molecule has 76 valence electrons. The summed E-state index contributed by atoms with van der Waals surface area (Å²) in [6.45, 7) is 3.95. The van der Waals surface area contributed by atoms with Gasteiger partial charge >= 0.3 is 5.97 Å². The molecule has 0 aromatic carbocycles. The SMILES string of the molecule is CCOC(=O)c1cnc(OC)cc1C. The first kappa shape index (κ1) is 10.5. The van der Waals surface area contributed by atoms with Crippen LogP contribution < -0.4 is 4.74 Å². The highest BCUT2D eigenvalue weighted by Gasteiger charge is 2.10. The van der Waals surface area contributed by atoms with Gasteiger partial charge < -0.3 is 9.47 Å². The predicted molar refractivity (Wildman–Crippen MR) is 51.5 cm³/mol. The molecule has 1 heterocycles. The normalized spacial score (nSPS) is 9.64. The minimum absolute atomic E-state index is 0.347. The number of carbonyl (C=O) groups is 1. The highest BCUT2D eigenvalue weighted by atomic mass is 16.5. The van der Waals surface area contributed by atoms with Crippen molar-refractivity contribution in [2.45, 2.75) is 13.8 Å². The second kappa shape index (κ2) is 4.60. The maximum atomic E-state index is 11.4. The number of nitrogens with zero attached hydrogens (tertiary/aromatic N) is 1. The van der Waals surface area contributed by atoms with Gasteiger partial charge in [0.1, 0.15) is 0 Å². The Labute approximate surface area is 82.9 Å². The van der Waals surface area contributed by atoms with Gasteiger partial charge in [-0.3, -0.25) is 0 Å². The molecule has 0 spiro atoms. The van der Waals surface area contributed by atoms with E-state index in [0.717, 1.165) is 5.56 Å². The van der Waals surface area contributed by atoms with Crippen LogP contribution in [-0.2, 0) is 4.74 Å². The van der Waals surface area contributed by atoms with E-state index in [0.29, 0.717) is 18.1 Å². The minimum Gasteiger partial charge on any atom is -0.481 e. The van der Waals surface area contributed by atoms with Gasteiger partial charge in [-0.15, -0.1) is 0 Å². The van der Waals surface area contributed by atoms with E-state index in [1.807, 2.05) is 6.92 Å². The molecule has 0 atom stereocenters. The van der Waals surface area contributed by atoms with Crippen molar-refractivity contribution in [1.29, 1.82) is 0 Å². The number of ether oxygens (including phenoxy) is 2. The molecule has 4 heteroatoms. The molecule has 0 saturated heterocycles. The molecule has 1 aromatic rings. The second-order valence-corrected chi connectivity index (χ2v) is 2.76. The minimum atomic E-state index is -0.347. The van der Waals surface area contributed by atoms with Gasteiger partial charge in [0.15, 0.2) is 0 Å². The first-order chi connectivity index (χ1) is 6.69. The molecule has 0 unspecified atom stereocenters. The lowest BCUT2D eigenvalue weighted by Gasteiger charge is -2.05. The average molecular weight is 195 g/mol. The molecule has 0 bridgehead atoms. The Morgan fingerprint density at radius 3 is 2.79 bits per heavy atom. The summed E-state index contributed by atoms with van der Waals surface area (Å²) in [6.07, 6.45) is 1.46. The maximum Gasteiger partial charge on any atom is 0.339 e. The number of aryl methyl sites for hydroxylation is 1. The molecular weight excluding hydrogens is 182 g/mol. The van der Waals surface area contributed by atoms with Crippen molar-refractivity contribution in [3.63, 3.8) is 0 Å². The van der Waals surface area contributed by atoms with E-state index >= 15 is 0 Å². The van der Waals surface area contributed by atoms with E-state index in [2.05, 4.69) is 4.98 Å². The molecule has 0 amide bonds. The molecule has 0 radical (unpaired) electrons. The monoisotopic (exact) mass is 195 g/mol. The summed E-state index contributed by atoms with van der Waals surface area (Å²) in [5, 5.41) is 0. The Morgan fingerprint density at radius 2 is 2.29 bits per heavy atom. The zero-order valence-corrected chi connectivity index (χ0v) is 8.53. The van der Waals surface area contributed by atoms with Crippen LogP contribution in [0, 0.1) is 6.92 Å². The average Bonchev–Trinajstić information content (AvgIpc) is 2.17. The molecule has 0 fully saturated rings. The van der Waals surface area contributed by atoms with E-state index in [1.54, 1.807) is 13.0 Å². The van der Waals surface area contributed by atoms with Crippen LogP contribution in [-0.4, -0.2) is 24.7 Å². The molecule has 4 nitrogen and oxygen atoms in total. The fourth-order valence-electron chi connectivity index (χ4n) is 1.06. The van der Waals surface area contributed by atoms with Crippen LogP contribution in [0.4, 0.5) is 0 Å². The molecular formula is C10H13NO3. The van der Waals surface area contributed by atoms with Crippen LogP contribution in [0.1, 0.15) is 22.8 Å². The second-order valence-electron chi connectivity index (χ2n) is 2.76. The fraction of sp³-hybridized carbons (Fsp3) is 0.400. The summed E-state index contributed by atoms with van der Waals surface area (Å²) in [6, 6.07) is 1.70. The standard InChI is InChI=1S/C10H13NO3/c1-4-14-10(12)8-6-11-9(13-3)5-7(8)2/h5-6H,4H2,1-3H3. The van der Waals surface area contributed by atoms with Gasteiger partial charge in [-0.05, 0) is 19.4 Å². The van der Waals surface area contributed by atoms with Gasteiger partial charge in [0, 0.05) is 12.3 Å². The molecule has 0 aliphatic rings. The van der Waals surface area contributed by atoms with Crippen LogP contribution in [0.25, 0.3) is 0 Å². The summed E-state index contributed by atoms with van der Waals surface area (Å²) in [4.78, 5) is 15.3. The quantitative estimate of drug-likeness (QED) is 0.687. The molecule has 0 N–H and O–H groups in total. The summed E-state index contributed by atoms with van der Waals surface area (Å²) in [5.74, 6) is 0.149. The summed E-state index contributed by atoms with van der Waals surface area (Å²) in [7, 11) is 1.53. The number of carbonyl (C=O) groups excluding carboxylic acids is 1. The largest absolute Gasteiger partial charge is 0.481 e. The third-order valence-corrected chi connectivity index (χ3v) is 1.79. The number of hydrogen-bond acceptors (Lipinski definition) is 4. The van der Waals surface area contributed by atoms with Gasteiger partial charge in [-0.25, -0.2) is 9.78 Å². The zero-order chi connectivity index (χ0) is 10.6. The van der Waals surface area contributed by atoms with Crippen molar-refractivity contribution in [3.05, 3.63) is 23.4 Å². The third-order valence-electron chi connectivity index (χ3n) is 1.79. The van der Waals surface area contributed by atoms with Gasteiger partial charge in [-0.2, -0.15) is 0 Å². The number of rotatable bonds is 3. The lowest BCUT2D eigenvalue weighted by molar-refractivity contribution is 0.0525. The van der Waals surface area contributed by atoms with E-state index in [-0.39, 0.29) is 5.97 Å². The maximum absolute atomic E-state index is 11.4. The number of esters is 1. The Morgan fingerprint density at radius 1 is 1.57 bits per heavy atom. The number of methoxy groups -OCH3 is 1. The van der Waals surface area contributed by atoms with Crippen LogP contribution in [0.2, 0.25) is 0 Å². The molecule has 0 aliphatic heterocycles. The van der Waals surface area contributed by atoms with Crippen molar-refractivity contribution in [2.24, 2.45) is 0 Å². The summed E-state index contributed by atoms with van der Waals surface area (Å²) in [5.41, 5.74) is 1.28. The Bertz CT molecular complexity index is 336. The Kier molecular flexibility index (Phi) is 3.45. The predicted octanol–water partition coefficient (Wildman–Crippen LogP) is 1.58. The van der Waals surface area contributed by atoms with Crippen molar-refractivity contribution in [2.75, 3.05) is 13.7 Å². The smallest absolute Gasteiger partial charge is 0.339 e. The fourth-order valence-corrected chi connectivity index (χ4v) is 1.06. The first-order valence-electron chi connectivity index (χ1n) is 4.36. The van der Waals surface area contributed by atoms with Crippen LogP contribution in [0.3, 0.4) is 0 Å². The number of hydrogen-bond donors (Lipinski definition) is 0. The van der Waals surface area contributed by atoms with Crippen LogP contribution in [0.5, 0.6) is 5.88 Å². The molecule has 1 rings (SSSR count). The van der Waals surface area contributed by atoms with Gasteiger partial charge in [0.25, 0.3) is 0 Å². The Hall–Kier alpha value is -1.58. The van der Waals surface area contributed by atoms with E-state index < -0.39 is 0 Å². The lowest BCUT2D eigenvalue weighted by atomic mass is 10.1. The van der Waals surface area contributed by atoms with Crippen molar-refractivity contribution in [1.82, 2.24) is 4.98 Å². The highest BCUT2D eigenvalue weighted by molar-refractivity contribution is 5.90. The first-order valence-corrected chi connectivity index (χ1v) is 4.36. The number of pyridine rings is 1. The van der Waals surface area contributed by atoms with Gasteiger partial charge in [0.05, 0.1) is 19.3 Å². The molecule has 0 saturated carbocycles. The van der Waals surface area contributed by atoms with E-state index in [4.69, 9.17) is 9.47 Å². The van der Waals surface area contributed by atoms with Crippen LogP contribution >= 0.6 is 0 Å².